The third kappa shape index (κ3) is 4.24. The van der Waals surface area contributed by atoms with Gasteiger partial charge >= 0.3 is 5.97 Å². The Morgan fingerprint density at radius 1 is 1.08 bits per heavy atom. The van der Waals surface area contributed by atoms with Crippen molar-refractivity contribution in [1.29, 1.82) is 0 Å². The van der Waals surface area contributed by atoms with Crippen LogP contribution in [0.2, 0.25) is 0 Å². The Labute approximate surface area is 149 Å². The summed E-state index contributed by atoms with van der Waals surface area (Å²) in [5.41, 5.74) is 1.48. The zero-order valence-electron chi connectivity index (χ0n) is 13.9. The summed E-state index contributed by atoms with van der Waals surface area (Å²) in [5, 5.41) is 2.61. The monoisotopic (exact) mass is 356 g/mol. The predicted octanol–water partition coefficient (Wildman–Crippen LogP) is 2.75. The van der Waals surface area contributed by atoms with E-state index in [9.17, 15) is 18.8 Å². The van der Waals surface area contributed by atoms with Crippen LogP contribution in [-0.2, 0) is 14.3 Å². The number of hydrogen-bond acceptors (Lipinski definition) is 4. The smallest absolute Gasteiger partial charge is 0.338 e. The number of nitrogens with zero attached hydrogens (tertiary/aromatic N) is 1. The van der Waals surface area contributed by atoms with Gasteiger partial charge in [-0.15, -0.1) is 0 Å². The van der Waals surface area contributed by atoms with Crippen LogP contribution in [0, 0.1) is 5.82 Å². The molecular formula is C19H17FN2O4. The molecule has 1 fully saturated rings. The Kier molecular flexibility index (Phi) is 5.26. The molecule has 0 saturated carbocycles. The first-order valence-electron chi connectivity index (χ1n) is 8.16. The number of nitrogens with one attached hydrogen (secondary N) is 1. The highest BCUT2D eigenvalue weighted by Crippen LogP contribution is 2.23. The summed E-state index contributed by atoms with van der Waals surface area (Å²) < 4.78 is 17.7. The van der Waals surface area contributed by atoms with Crippen LogP contribution in [0.3, 0.4) is 0 Å². The van der Waals surface area contributed by atoms with Gasteiger partial charge in [-0.1, -0.05) is 0 Å². The second-order valence-corrected chi connectivity index (χ2v) is 5.83. The Balaban J connectivity index is 1.50. The van der Waals surface area contributed by atoms with Crippen LogP contribution in [0.5, 0.6) is 0 Å². The Bertz CT molecular complexity index is 818. The lowest BCUT2D eigenvalue weighted by Gasteiger charge is -2.16. The summed E-state index contributed by atoms with van der Waals surface area (Å²) in [6.45, 7) is 0.243. The van der Waals surface area contributed by atoms with E-state index in [0.29, 0.717) is 18.7 Å². The fourth-order valence-corrected chi connectivity index (χ4v) is 2.64. The summed E-state index contributed by atoms with van der Waals surface area (Å²) in [6.07, 6.45) is 1.40. The number of esters is 1. The van der Waals surface area contributed by atoms with Crippen LogP contribution in [0.4, 0.5) is 15.8 Å². The maximum atomic E-state index is 12.8. The number of anilines is 2. The van der Waals surface area contributed by atoms with Crippen molar-refractivity contribution in [2.75, 3.05) is 23.4 Å². The molecule has 26 heavy (non-hydrogen) atoms. The summed E-state index contributed by atoms with van der Waals surface area (Å²) >= 11 is 0. The maximum Gasteiger partial charge on any atom is 0.338 e. The zero-order chi connectivity index (χ0) is 18.5. The van der Waals surface area contributed by atoms with Crippen LogP contribution >= 0.6 is 0 Å². The summed E-state index contributed by atoms with van der Waals surface area (Å²) in [5.74, 6) is -1.57. The van der Waals surface area contributed by atoms with Gasteiger partial charge in [0.25, 0.3) is 5.91 Å². The van der Waals surface area contributed by atoms with Crippen molar-refractivity contribution in [3.8, 4) is 0 Å². The van der Waals surface area contributed by atoms with Gasteiger partial charge in [-0.05, 0) is 55.0 Å². The minimum Gasteiger partial charge on any atom is -0.452 e. The first-order chi connectivity index (χ1) is 12.5. The molecule has 1 heterocycles. The largest absolute Gasteiger partial charge is 0.452 e. The van der Waals surface area contributed by atoms with Crippen LogP contribution in [0.1, 0.15) is 23.2 Å². The van der Waals surface area contributed by atoms with Crippen LogP contribution < -0.4 is 10.2 Å². The van der Waals surface area contributed by atoms with Crippen molar-refractivity contribution in [3.05, 3.63) is 59.9 Å². The number of rotatable bonds is 5. The number of hydrogen-bond donors (Lipinski definition) is 1. The van der Waals surface area contributed by atoms with Gasteiger partial charge in [0.1, 0.15) is 5.82 Å². The molecule has 0 radical (unpaired) electrons. The molecule has 0 aliphatic carbocycles. The molecule has 0 spiro atoms. The average Bonchev–Trinajstić information content (AvgIpc) is 3.07. The number of carbonyl (C=O) groups is 3. The van der Waals surface area contributed by atoms with E-state index >= 15 is 0 Å². The minimum absolute atomic E-state index is 0.0921. The molecule has 1 N–H and O–H groups in total. The molecule has 2 aromatic rings. The van der Waals surface area contributed by atoms with Crippen LogP contribution in [-0.4, -0.2) is 30.9 Å². The number of carbonyl (C=O) groups excluding carboxylic acids is 3. The fraction of sp³-hybridized carbons (Fsp3) is 0.211. The number of benzene rings is 2. The molecule has 1 saturated heterocycles. The SMILES string of the molecule is O=C(COC(=O)c1ccc(F)cc1)Nc1ccc(N2CCCC2=O)cc1. The van der Waals surface area contributed by atoms with Gasteiger partial charge in [-0.25, -0.2) is 9.18 Å². The van der Waals surface area contributed by atoms with E-state index in [-0.39, 0.29) is 11.5 Å². The van der Waals surface area contributed by atoms with E-state index in [1.165, 1.54) is 12.1 Å². The Morgan fingerprint density at radius 2 is 1.77 bits per heavy atom. The van der Waals surface area contributed by atoms with Crippen molar-refractivity contribution in [2.45, 2.75) is 12.8 Å². The van der Waals surface area contributed by atoms with Gasteiger partial charge in [-0.2, -0.15) is 0 Å². The van der Waals surface area contributed by atoms with Gasteiger partial charge in [0.2, 0.25) is 5.91 Å². The fourth-order valence-electron chi connectivity index (χ4n) is 2.64. The number of amides is 2. The van der Waals surface area contributed by atoms with Crippen LogP contribution in [0.25, 0.3) is 0 Å². The molecule has 0 atom stereocenters. The Morgan fingerprint density at radius 3 is 2.38 bits per heavy atom. The normalized spacial score (nSPS) is 13.6. The molecule has 3 rings (SSSR count). The van der Waals surface area contributed by atoms with Crippen molar-refractivity contribution in [2.24, 2.45) is 0 Å². The van der Waals surface area contributed by atoms with Gasteiger partial charge in [0, 0.05) is 24.3 Å². The maximum absolute atomic E-state index is 12.8. The molecule has 134 valence electrons. The molecule has 7 heteroatoms. The quantitative estimate of drug-likeness (QED) is 0.836. The van der Waals surface area contributed by atoms with E-state index < -0.39 is 24.3 Å². The van der Waals surface area contributed by atoms with Crippen molar-refractivity contribution in [1.82, 2.24) is 0 Å². The summed E-state index contributed by atoms with van der Waals surface area (Å²) in [7, 11) is 0. The first-order valence-corrected chi connectivity index (χ1v) is 8.16. The summed E-state index contributed by atoms with van der Waals surface area (Å²) in [4.78, 5) is 37.1. The highest BCUT2D eigenvalue weighted by Gasteiger charge is 2.21. The molecule has 2 amide bonds. The third-order valence-corrected chi connectivity index (χ3v) is 3.95. The van der Waals surface area contributed by atoms with Gasteiger partial charge in [-0.3, -0.25) is 9.59 Å². The van der Waals surface area contributed by atoms with Crippen molar-refractivity contribution >= 4 is 29.2 Å². The van der Waals surface area contributed by atoms with E-state index in [2.05, 4.69) is 5.32 Å². The van der Waals surface area contributed by atoms with Gasteiger partial charge < -0.3 is 15.0 Å². The Hall–Kier alpha value is -3.22. The molecule has 0 aromatic heterocycles. The highest BCUT2D eigenvalue weighted by atomic mass is 19.1. The molecule has 1 aliphatic heterocycles. The second-order valence-electron chi connectivity index (χ2n) is 5.83. The summed E-state index contributed by atoms with van der Waals surface area (Å²) in [6, 6.07) is 11.7. The molecule has 6 nitrogen and oxygen atoms in total. The number of ether oxygens (including phenoxy) is 1. The molecule has 0 bridgehead atoms. The van der Waals surface area contributed by atoms with E-state index in [4.69, 9.17) is 4.74 Å². The molecular weight excluding hydrogens is 339 g/mol. The molecule has 2 aromatic carbocycles. The predicted molar refractivity (Wildman–Crippen MR) is 93.3 cm³/mol. The lowest BCUT2D eigenvalue weighted by molar-refractivity contribution is -0.119. The topological polar surface area (TPSA) is 75.7 Å². The van der Waals surface area contributed by atoms with Gasteiger partial charge in [0.15, 0.2) is 6.61 Å². The molecule has 1 aliphatic rings. The number of halogens is 1. The average molecular weight is 356 g/mol. The highest BCUT2D eigenvalue weighted by molar-refractivity contribution is 5.97. The van der Waals surface area contributed by atoms with E-state index in [1.807, 2.05) is 0 Å². The van der Waals surface area contributed by atoms with E-state index in [0.717, 1.165) is 24.2 Å². The lowest BCUT2D eigenvalue weighted by atomic mass is 10.2. The minimum atomic E-state index is -0.706. The van der Waals surface area contributed by atoms with Crippen molar-refractivity contribution in [3.63, 3.8) is 0 Å². The lowest BCUT2D eigenvalue weighted by Crippen LogP contribution is -2.23. The van der Waals surface area contributed by atoms with Gasteiger partial charge in [0.05, 0.1) is 5.56 Å². The third-order valence-electron chi connectivity index (χ3n) is 3.95. The standard InChI is InChI=1S/C19H17FN2O4/c20-14-5-3-13(4-6-14)19(25)26-12-17(23)21-15-7-9-16(10-8-15)22-11-1-2-18(22)24/h3-10H,1-2,11-12H2,(H,21,23). The first kappa shape index (κ1) is 17.6. The second kappa shape index (κ2) is 7.77. The van der Waals surface area contributed by atoms with Crippen molar-refractivity contribution < 1.29 is 23.5 Å². The molecule has 0 unspecified atom stereocenters. The van der Waals surface area contributed by atoms with Crippen LogP contribution in [0.15, 0.2) is 48.5 Å². The van der Waals surface area contributed by atoms with E-state index in [1.54, 1.807) is 29.2 Å². The zero-order valence-corrected chi connectivity index (χ0v) is 13.9.